The molecule has 1 fully saturated rings. The van der Waals surface area contributed by atoms with Crippen LogP contribution in [-0.2, 0) is 4.74 Å². The molecule has 2 aliphatic rings. The molecule has 0 aromatic rings. The maximum atomic E-state index is 5.69. The average Bonchev–Trinajstić information content (AvgIpc) is 2.70. The highest BCUT2D eigenvalue weighted by Gasteiger charge is 2.31. The molecule has 0 radical (unpaired) electrons. The fourth-order valence-electron chi connectivity index (χ4n) is 2.34. The molecular formula is C12H21NO. The van der Waals surface area contributed by atoms with Gasteiger partial charge in [0.1, 0.15) is 0 Å². The van der Waals surface area contributed by atoms with Crippen LogP contribution in [0.25, 0.3) is 0 Å². The van der Waals surface area contributed by atoms with Gasteiger partial charge in [-0.05, 0) is 39.5 Å². The Morgan fingerprint density at radius 2 is 2.43 bits per heavy atom. The van der Waals surface area contributed by atoms with Gasteiger partial charge in [-0.3, -0.25) is 0 Å². The summed E-state index contributed by atoms with van der Waals surface area (Å²) in [4.78, 5) is 0. The van der Waals surface area contributed by atoms with E-state index in [1.54, 1.807) is 5.57 Å². The van der Waals surface area contributed by atoms with Gasteiger partial charge in [-0.15, -0.1) is 0 Å². The lowest BCUT2D eigenvalue weighted by atomic mass is 10.0. The Hall–Kier alpha value is -0.340. The highest BCUT2D eigenvalue weighted by Crippen LogP contribution is 2.25. The van der Waals surface area contributed by atoms with Crippen LogP contribution in [0.5, 0.6) is 0 Å². The van der Waals surface area contributed by atoms with E-state index >= 15 is 0 Å². The maximum Gasteiger partial charge on any atom is 0.0643 e. The molecule has 14 heavy (non-hydrogen) atoms. The minimum Gasteiger partial charge on any atom is -0.374 e. The Bertz CT molecular complexity index is 232. The third-order valence-electron chi connectivity index (χ3n) is 3.17. The molecule has 0 amide bonds. The van der Waals surface area contributed by atoms with Crippen LogP contribution >= 0.6 is 0 Å². The largest absolute Gasteiger partial charge is 0.374 e. The van der Waals surface area contributed by atoms with E-state index in [-0.39, 0.29) is 5.60 Å². The Kier molecular flexibility index (Phi) is 2.93. The first-order valence-corrected chi connectivity index (χ1v) is 5.71. The first kappa shape index (κ1) is 10.2. The minimum absolute atomic E-state index is 0.0850. The van der Waals surface area contributed by atoms with Crippen molar-refractivity contribution in [2.75, 3.05) is 13.2 Å². The molecule has 2 heteroatoms. The van der Waals surface area contributed by atoms with Crippen molar-refractivity contribution >= 4 is 0 Å². The van der Waals surface area contributed by atoms with Crippen LogP contribution in [0.1, 0.15) is 39.5 Å². The van der Waals surface area contributed by atoms with Crippen molar-refractivity contribution in [1.29, 1.82) is 0 Å². The van der Waals surface area contributed by atoms with Gasteiger partial charge in [0.05, 0.1) is 12.2 Å². The van der Waals surface area contributed by atoms with E-state index in [1.165, 1.54) is 19.3 Å². The van der Waals surface area contributed by atoms with Crippen molar-refractivity contribution in [3.8, 4) is 0 Å². The van der Waals surface area contributed by atoms with Gasteiger partial charge >= 0.3 is 0 Å². The van der Waals surface area contributed by atoms with E-state index < -0.39 is 0 Å². The smallest absolute Gasteiger partial charge is 0.0643 e. The topological polar surface area (TPSA) is 21.3 Å². The lowest BCUT2D eigenvalue weighted by molar-refractivity contribution is 0.0357. The molecule has 0 aromatic carbocycles. The molecule has 0 saturated carbocycles. The van der Waals surface area contributed by atoms with E-state index in [9.17, 15) is 0 Å². The average molecular weight is 195 g/mol. The number of ether oxygens (including phenoxy) is 1. The zero-order valence-corrected chi connectivity index (χ0v) is 9.31. The van der Waals surface area contributed by atoms with E-state index in [1.807, 2.05) is 0 Å². The van der Waals surface area contributed by atoms with Crippen molar-refractivity contribution in [2.45, 2.75) is 51.2 Å². The molecular weight excluding hydrogens is 174 g/mol. The van der Waals surface area contributed by atoms with Crippen LogP contribution in [0.3, 0.4) is 0 Å². The van der Waals surface area contributed by atoms with Gasteiger partial charge in [-0.25, -0.2) is 0 Å². The van der Waals surface area contributed by atoms with E-state index in [0.29, 0.717) is 6.04 Å². The Morgan fingerprint density at radius 3 is 3.00 bits per heavy atom. The molecule has 2 rings (SSSR count). The van der Waals surface area contributed by atoms with E-state index in [0.717, 1.165) is 19.6 Å². The van der Waals surface area contributed by atoms with E-state index in [2.05, 4.69) is 25.2 Å². The summed E-state index contributed by atoms with van der Waals surface area (Å²) < 4.78 is 5.69. The molecule has 1 aliphatic heterocycles. The molecule has 1 heterocycles. The van der Waals surface area contributed by atoms with Crippen LogP contribution in [0, 0.1) is 0 Å². The SMILES string of the molecule is CC1(C)CC(NCC2=CCCC2)CO1. The van der Waals surface area contributed by atoms with Gasteiger partial charge in [0.2, 0.25) is 0 Å². The van der Waals surface area contributed by atoms with Gasteiger partial charge < -0.3 is 10.1 Å². The molecule has 2 nitrogen and oxygen atoms in total. The summed E-state index contributed by atoms with van der Waals surface area (Å²) >= 11 is 0. The lowest BCUT2D eigenvalue weighted by Crippen LogP contribution is -2.31. The number of hydrogen-bond donors (Lipinski definition) is 1. The molecule has 1 saturated heterocycles. The highest BCUT2D eigenvalue weighted by atomic mass is 16.5. The predicted octanol–water partition coefficient (Wildman–Crippen LogP) is 2.25. The number of allylic oxidation sites excluding steroid dienone is 1. The van der Waals surface area contributed by atoms with Crippen molar-refractivity contribution in [1.82, 2.24) is 5.32 Å². The summed E-state index contributed by atoms with van der Waals surface area (Å²) in [6, 6.07) is 0.562. The van der Waals surface area contributed by atoms with Crippen molar-refractivity contribution in [3.05, 3.63) is 11.6 Å². The van der Waals surface area contributed by atoms with Gasteiger partial charge in [0.25, 0.3) is 0 Å². The van der Waals surface area contributed by atoms with Gasteiger partial charge in [0.15, 0.2) is 0 Å². The number of nitrogens with one attached hydrogen (secondary N) is 1. The summed E-state index contributed by atoms with van der Waals surface area (Å²) in [6.45, 7) is 6.29. The Morgan fingerprint density at radius 1 is 1.57 bits per heavy atom. The molecule has 0 bridgehead atoms. The second-order valence-corrected chi connectivity index (χ2v) is 5.11. The van der Waals surface area contributed by atoms with Crippen LogP contribution < -0.4 is 5.32 Å². The van der Waals surface area contributed by atoms with Crippen molar-refractivity contribution in [3.63, 3.8) is 0 Å². The fourth-order valence-corrected chi connectivity index (χ4v) is 2.34. The number of hydrogen-bond acceptors (Lipinski definition) is 2. The molecule has 1 unspecified atom stereocenters. The molecule has 80 valence electrons. The third-order valence-corrected chi connectivity index (χ3v) is 3.17. The maximum absolute atomic E-state index is 5.69. The molecule has 1 aliphatic carbocycles. The molecule has 1 N–H and O–H groups in total. The second-order valence-electron chi connectivity index (χ2n) is 5.11. The minimum atomic E-state index is 0.0850. The normalized spacial score (nSPS) is 30.7. The van der Waals surface area contributed by atoms with E-state index in [4.69, 9.17) is 4.74 Å². The summed E-state index contributed by atoms with van der Waals surface area (Å²) in [5.41, 5.74) is 1.68. The molecule has 0 aromatic heterocycles. The molecule has 0 spiro atoms. The first-order valence-electron chi connectivity index (χ1n) is 5.71. The monoisotopic (exact) mass is 195 g/mol. The van der Waals surface area contributed by atoms with Crippen molar-refractivity contribution < 1.29 is 4.74 Å². The van der Waals surface area contributed by atoms with Crippen LogP contribution in [0.15, 0.2) is 11.6 Å². The fraction of sp³-hybridized carbons (Fsp3) is 0.833. The molecule has 1 atom stereocenters. The lowest BCUT2D eigenvalue weighted by Gasteiger charge is -2.16. The van der Waals surface area contributed by atoms with Crippen LogP contribution in [-0.4, -0.2) is 24.8 Å². The zero-order valence-electron chi connectivity index (χ0n) is 9.31. The predicted molar refractivity (Wildman–Crippen MR) is 58.4 cm³/mol. The first-order chi connectivity index (χ1) is 6.66. The van der Waals surface area contributed by atoms with Crippen LogP contribution in [0.2, 0.25) is 0 Å². The standard InChI is InChI=1S/C12H21NO/c1-12(2)7-11(9-14-12)13-8-10-5-3-4-6-10/h5,11,13H,3-4,6-9H2,1-2H3. The summed E-state index contributed by atoms with van der Waals surface area (Å²) in [5.74, 6) is 0. The summed E-state index contributed by atoms with van der Waals surface area (Å²) in [6.07, 6.45) is 7.45. The van der Waals surface area contributed by atoms with Gasteiger partial charge in [-0.2, -0.15) is 0 Å². The van der Waals surface area contributed by atoms with Gasteiger partial charge in [0, 0.05) is 12.6 Å². The zero-order chi connectivity index (χ0) is 10.0. The highest BCUT2D eigenvalue weighted by molar-refractivity contribution is 5.09. The van der Waals surface area contributed by atoms with Crippen LogP contribution in [0.4, 0.5) is 0 Å². The quantitative estimate of drug-likeness (QED) is 0.697. The third kappa shape index (κ3) is 2.58. The number of rotatable bonds is 3. The summed E-state index contributed by atoms with van der Waals surface area (Å²) in [5, 5.41) is 3.59. The second kappa shape index (κ2) is 4.03. The Labute approximate surface area is 86.7 Å². The van der Waals surface area contributed by atoms with Crippen molar-refractivity contribution in [2.24, 2.45) is 0 Å². The van der Waals surface area contributed by atoms with Gasteiger partial charge in [-0.1, -0.05) is 11.6 Å². The Balaban J connectivity index is 1.71. The summed E-state index contributed by atoms with van der Waals surface area (Å²) in [7, 11) is 0.